The molecule has 10 nitrogen and oxygen atoms in total. The van der Waals surface area contributed by atoms with Crippen LogP contribution in [0.4, 0.5) is 34.1 Å². The quantitative estimate of drug-likeness (QED) is 0.155. The van der Waals surface area contributed by atoms with E-state index >= 15 is 0 Å². The first-order valence-corrected chi connectivity index (χ1v) is 17.9. The summed E-state index contributed by atoms with van der Waals surface area (Å²) < 4.78 is 44.2. The van der Waals surface area contributed by atoms with E-state index in [1.807, 2.05) is 67.5 Å². The molecule has 1 saturated heterocycles. The zero-order chi connectivity index (χ0) is 37.4. The molecule has 4 N–H and O–H groups in total. The third-order valence-corrected chi connectivity index (χ3v) is 10.2. The van der Waals surface area contributed by atoms with Crippen LogP contribution in [0.25, 0.3) is 11.0 Å². The van der Waals surface area contributed by atoms with Crippen LogP contribution in [0.2, 0.25) is 5.02 Å². The van der Waals surface area contributed by atoms with Crippen molar-refractivity contribution in [3.05, 3.63) is 88.2 Å². The van der Waals surface area contributed by atoms with Crippen molar-refractivity contribution in [1.82, 2.24) is 29.6 Å². The Kier molecular flexibility index (Phi) is 10.7. The number of nitrogens with zero attached hydrogens (tertiary/aromatic N) is 5. The molecule has 0 aliphatic carbocycles. The normalized spacial score (nSPS) is 16.5. The Balaban J connectivity index is 1.28. The summed E-state index contributed by atoms with van der Waals surface area (Å²) in [5, 5.41) is 5.96. The van der Waals surface area contributed by atoms with Gasteiger partial charge in [0.2, 0.25) is 0 Å². The first-order chi connectivity index (χ1) is 24.6. The van der Waals surface area contributed by atoms with E-state index in [4.69, 9.17) is 22.3 Å². The van der Waals surface area contributed by atoms with Crippen molar-refractivity contribution in [2.45, 2.75) is 64.3 Å². The van der Waals surface area contributed by atoms with Crippen molar-refractivity contribution in [3.8, 4) is 0 Å². The van der Waals surface area contributed by atoms with Crippen LogP contribution in [0.5, 0.6) is 0 Å². The van der Waals surface area contributed by atoms with Gasteiger partial charge in [0.25, 0.3) is 0 Å². The number of likely N-dealkylation sites (tertiary alicyclic amines) is 1. The standard InChI is InChI=1S/C38H46ClF3N8O2/c1-37(2,22-47(3)4)23-50-32-12-8-7-11-30(32)44-34(50)31(21-24-19-27(38(40,41)42)33(43)28(39)20-24)46-35(51)48-16-14-26(15-17-48)49-18-13-25-9-5-6-10-29(25)45-36(49)52/h5-12,19-20,26,31H,13-18,21-23,43H2,1-4H3,(H,45,52)(H,46,51). The molecule has 278 valence electrons. The van der Waals surface area contributed by atoms with Crippen molar-refractivity contribution in [2.24, 2.45) is 5.41 Å². The number of rotatable bonds is 9. The van der Waals surface area contributed by atoms with Gasteiger partial charge in [-0.05, 0) is 80.2 Å². The summed E-state index contributed by atoms with van der Waals surface area (Å²) in [5.41, 5.74) is 7.70. The van der Waals surface area contributed by atoms with Gasteiger partial charge in [-0.15, -0.1) is 0 Å². The highest BCUT2D eigenvalue weighted by molar-refractivity contribution is 6.33. The molecule has 1 atom stereocenters. The molecule has 1 aromatic heterocycles. The molecule has 3 heterocycles. The lowest BCUT2D eigenvalue weighted by Gasteiger charge is -2.38. The van der Waals surface area contributed by atoms with Crippen LogP contribution in [0.1, 0.15) is 55.2 Å². The van der Waals surface area contributed by atoms with Crippen LogP contribution < -0.4 is 16.4 Å². The molecule has 3 aromatic carbocycles. The van der Waals surface area contributed by atoms with Gasteiger partial charge in [0.1, 0.15) is 5.82 Å². The topological polar surface area (TPSA) is 112 Å². The van der Waals surface area contributed by atoms with Gasteiger partial charge in [-0.1, -0.05) is 55.8 Å². The monoisotopic (exact) mass is 738 g/mol. The zero-order valence-electron chi connectivity index (χ0n) is 29.9. The molecular weight excluding hydrogens is 693 g/mol. The Bertz CT molecular complexity index is 1940. The largest absolute Gasteiger partial charge is 0.418 e. The number of hydrogen-bond acceptors (Lipinski definition) is 5. The number of aromatic nitrogens is 2. The van der Waals surface area contributed by atoms with Gasteiger partial charge in [-0.2, -0.15) is 13.2 Å². The van der Waals surface area contributed by atoms with E-state index in [0.717, 1.165) is 35.8 Å². The second kappa shape index (κ2) is 14.9. The van der Waals surface area contributed by atoms with Gasteiger partial charge >= 0.3 is 18.2 Å². The number of halogens is 4. The Morgan fingerprint density at radius 1 is 1.08 bits per heavy atom. The van der Waals surface area contributed by atoms with Gasteiger partial charge in [-0.3, -0.25) is 0 Å². The SMILES string of the molecule is CN(C)CC(C)(C)Cn1c(C(Cc2cc(Cl)c(N)c(C(F)(F)F)c2)NC(=O)N2CCC(N3CCc4ccccc4NC3=O)CC2)nc2ccccc21. The van der Waals surface area contributed by atoms with Gasteiger partial charge in [0, 0.05) is 50.9 Å². The van der Waals surface area contributed by atoms with Crippen LogP contribution in [-0.2, 0) is 25.6 Å². The Labute approximate surface area is 307 Å². The predicted octanol–water partition coefficient (Wildman–Crippen LogP) is 7.43. The number of benzene rings is 3. The fraction of sp³-hybridized carbons (Fsp3) is 0.447. The van der Waals surface area contributed by atoms with E-state index < -0.39 is 23.5 Å². The van der Waals surface area contributed by atoms with Crippen molar-refractivity contribution < 1.29 is 22.8 Å². The van der Waals surface area contributed by atoms with E-state index in [-0.39, 0.29) is 40.5 Å². The first kappa shape index (κ1) is 37.3. The molecule has 0 bridgehead atoms. The molecule has 2 aliphatic heterocycles. The van der Waals surface area contributed by atoms with Crippen LogP contribution in [0.3, 0.4) is 0 Å². The molecule has 1 unspecified atom stereocenters. The number of hydrogen-bond donors (Lipinski definition) is 3. The molecule has 2 aliphatic rings. The van der Waals surface area contributed by atoms with Gasteiger partial charge < -0.3 is 35.6 Å². The first-order valence-electron chi connectivity index (χ1n) is 17.6. The zero-order valence-corrected chi connectivity index (χ0v) is 30.7. The summed E-state index contributed by atoms with van der Waals surface area (Å²) >= 11 is 6.26. The van der Waals surface area contributed by atoms with Crippen molar-refractivity contribution in [3.63, 3.8) is 0 Å². The molecule has 4 amide bonds. The summed E-state index contributed by atoms with van der Waals surface area (Å²) in [6, 6.07) is 16.5. The third kappa shape index (κ3) is 8.25. The summed E-state index contributed by atoms with van der Waals surface area (Å²) in [6.07, 6.45) is -2.83. The number of carbonyl (C=O) groups is 2. The molecule has 14 heteroatoms. The number of anilines is 2. The number of alkyl halides is 3. The second-order valence-corrected chi connectivity index (χ2v) is 15.3. The van der Waals surface area contributed by atoms with Crippen molar-refractivity contribution in [2.75, 3.05) is 51.3 Å². The smallest absolute Gasteiger partial charge is 0.397 e. The Morgan fingerprint density at radius 3 is 2.48 bits per heavy atom. The number of para-hydroxylation sites is 3. The van der Waals surface area contributed by atoms with Crippen molar-refractivity contribution in [1.29, 1.82) is 0 Å². The number of nitrogens with two attached hydrogens (primary N) is 1. The highest BCUT2D eigenvalue weighted by Gasteiger charge is 2.36. The van der Waals surface area contributed by atoms with Gasteiger partial charge in [0.15, 0.2) is 0 Å². The summed E-state index contributed by atoms with van der Waals surface area (Å²) in [7, 11) is 4.00. The average molecular weight is 739 g/mol. The van der Waals surface area contributed by atoms with E-state index in [1.54, 1.807) is 4.90 Å². The number of nitrogen functional groups attached to an aromatic ring is 1. The number of nitrogens with one attached hydrogen (secondary N) is 2. The van der Waals surface area contributed by atoms with E-state index in [2.05, 4.69) is 33.9 Å². The minimum Gasteiger partial charge on any atom is -0.397 e. The van der Waals surface area contributed by atoms with E-state index in [0.29, 0.717) is 50.4 Å². The minimum absolute atomic E-state index is 0.0166. The molecule has 6 rings (SSSR count). The second-order valence-electron chi connectivity index (χ2n) is 14.9. The van der Waals surface area contributed by atoms with Crippen LogP contribution in [0.15, 0.2) is 60.7 Å². The molecule has 52 heavy (non-hydrogen) atoms. The number of carbonyl (C=O) groups excluding carboxylic acids is 2. The molecule has 1 fully saturated rings. The van der Waals surface area contributed by atoms with E-state index in [1.165, 1.54) is 6.07 Å². The summed E-state index contributed by atoms with van der Waals surface area (Å²) in [5.74, 6) is 0.526. The number of amides is 4. The minimum atomic E-state index is -4.72. The molecule has 4 aromatic rings. The van der Waals surface area contributed by atoms with Crippen LogP contribution in [0, 0.1) is 5.41 Å². The number of urea groups is 2. The molecule has 0 saturated carbocycles. The maximum absolute atomic E-state index is 14.1. The lowest BCUT2D eigenvalue weighted by atomic mass is 9.92. The Morgan fingerprint density at radius 2 is 1.77 bits per heavy atom. The summed E-state index contributed by atoms with van der Waals surface area (Å²) in [6.45, 7) is 6.96. The maximum atomic E-state index is 14.1. The van der Waals surface area contributed by atoms with Crippen molar-refractivity contribution >= 4 is 46.1 Å². The number of piperidine rings is 1. The van der Waals surface area contributed by atoms with Gasteiger partial charge in [-0.25, -0.2) is 14.6 Å². The molecular formula is C38H46ClF3N8O2. The molecule has 0 spiro atoms. The lowest BCUT2D eigenvalue weighted by molar-refractivity contribution is -0.137. The Hall–Kier alpha value is -4.49. The average Bonchev–Trinajstić information content (AvgIpc) is 3.33. The third-order valence-electron chi connectivity index (χ3n) is 9.89. The predicted molar refractivity (Wildman–Crippen MR) is 198 cm³/mol. The number of imidazole rings is 1. The van der Waals surface area contributed by atoms with Crippen LogP contribution in [-0.4, -0.2) is 82.6 Å². The van der Waals surface area contributed by atoms with Gasteiger partial charge in [0.05, 0.1) is 33.3 Å². The summed E-state index contributed by atoms with van der Waals surface area (Å²) in [4.78, 5) is 37.9. The number of fused-ring (bicyclic) bond motifs is 2. The van der Waals surface area contributed by atoms with E-state index in [9.17, 15) is 22.8 Å². The molecule has 0 radical (unpaired) electrons. The maximum Gasteiger partial charge on any atom is 0.418 e. The fourth-order valence-corrected chi connectivity index (χ4v) is 7.93. The lowest BCUT2D eigenvalue weighted by Crippen LogP contribution is -2.52. The highest BCUT2D eigenvalue weighted by Crippen LogP contribution is 2.39. The highest BCUT2D eigenvalue weighted by atomic mass is 35.5. The van der Waals surface area contributed by atoms with Crippen LogP contribution >= 0.6 is 11.6 Å². The fourth-order valence-electron chi connectivity index (χ4n) is 7.69.